The number of piperazine rings is 1. The van der Waals surface area contributed by atoms with E-state index in [1.54, 1.807) is 11.3 Å². The van der Waals surface area contributed by atoms with Crippen LogP contribution in [-0.2, 0) is 10.3 Å². The summed E-state index contributed by atoms with van der Waals surface area (Å²) in [6, 6.07) is 0. The summed E-state index contributed by atoms with van der Waals surface area (Å²) in [5.74, 6) is 0.247. The average molecular weight is 369 g/mol. The average Bonchev–Trinajstić information content (AvgIpc) is 3.02. The summed E-state index contributed by atoms with van der Waals surface area (Å²) >= 11 is 1.66. The summed E-state index contributed by atoms with van der Waals surface area (Å²) in [5.41, 5.74) is -0.127. The summed E-state index contributed by atoms with van der Waals surface area (Å²) in [6.07, 6.45) is 3.35. The highest BCUT2D eigenvalue weighted by Crippen LogP contribution is 2.25. The van der Waals surface area contributed by atoms with E-state index >= 15 is 0 Å². The van der Waals surface area contributed by atoms with E-state index in [9.17, 15) is 4.79 Å². The van der Waals surface area contributed by atoms with E-state index < -0.39 is 0 Å². The van der Waals surface area contributed by atoms with Crippen LogP contribution in [0.25, 0.3) is 0 Å². The van der Waals surface area contributed by atoms with E-state index in [0.717, 1.165) is 37.6 Å². The van der Waals surface area contributed by atoms with Gasteiger partial charge in [-0.2, -0.15) is 0 Å². The molecule has 22 heavy (non-hydrogen) atoms. The van der Waals surface area contributed by atoms with Crippen LogP contribution in [0.1, 0.15) is 31.7 Å². The Morgan fingerprint density at radius 2 is 2.14 bits per heavy atom. The van der Waals surface area contributed by atoms with Crippen LogP contribution in [0.15, 0.2) is 11.6 Å². The smallest absolute Gasteiger partial charge is 0.223 e. The van der Waals surface area contributed by atoms with Gasteiger partial charge < -0.3 is 15.5 Å². The maximum absolute atomic E-state index is 12.1. The molecule has 2 rings (SSSR count). The van der Waals surface area contributed by atoms with Gasteiger partial charge in [0.05, 0.1) is 5.54 Å². The van der Waals surface area contributed by atoms with Gasteiger partial charge in [0, 0.05) is 50.7 Å². The third-order valence-electron chi connectivity index (χ3n) is 3.94. The van der Waals surface area contributed by atoms with Gasteiger partial charge in [0.15, 0.2) is 0 Å². The summed E-state index contributed by atoms with van der Waals surface area (Å²) < 4.78 is 0. The van der Waals surface area contributed by atoms with Gasteiger partial charge in [0.25, 0.3) is 0 Å². The van der Waals surface area contributed by atoms with E-state index in [2.05, 4.69) is 29.5 Å². The Bertz CT molecular complexity index is 426. The van der Waals surface area contributed by atoms with Crippen molar-refractivity contribution in [3.63, 3.8) is 0 Å². The van der Waals surface area contributed by atoms with Gasteiger partial charge in [0.1, 0.15) is 5.01 Å². The predicted octanol–water partition coefficient (Wildman–Crippen LogP) is 2.02. The zero-order chi connectivity index (χ0) is 14.4. The first-order valence-electron chi connectivity index (χ1n) is 7.29. The number of aromatic nitrogens is 1. The number of carbonyl (C=O) groups is 1. The lowest BCUT2D eigenvalue weighted by Gasteiger charge is -2.30. The highest BCUT2D eigenvalue weighted by molar-refractivity contribution is 7.09. The van der Waals surface area contributed by atoms with E-state index in [0.29, 0.717) is 13.0 Å². The molecule has 0 bridgehead atoms. The minimum absolute atomic E-state index is 0. The number of thiazole rings is 1. The Morgan fingerprint density at radius 3 is 2.68 bits per heavy atom. The van der Waals surface area contributed by atoms with Crippen LogP contribution < -0.4 is 10.6 Å². The highest BCUT2D eigenvalue weighted by atomic mass is 35.5. The van der Waals surface area contributed by atoms with Crippen LogP contribution in [0.3, 0.4) is 0 Å². The molecule has 0 aliphatic carbocycles. The van der Waals surface area contributed by atoms with Crippen molar-refractivity contribution in [1.29, 1.82) is 0 Å². The van der Waals surface area contributed by atoms with Gasteiger partial charge in [-0.25, -0.2) is 4.98 Å². The summed E-state index contributed by atoms with van der Waals surface area (Å²) in [4.78, 5) is 18.5. The second-order valence-corrected chi connectivity index (χ2v) is 6.23. The topological polar surface area (TPSA) is 57.3 Å². The van der Waals surface area contributed by atoms with Crippen LogP contribution in [0.2, 0.25) is 0 Å². The van der Waals surface area contributed by atoms with Crippen molar-refractivity contribution in [2.24, 2.45) is 0 Å². The quantitative estimate of drug-likeness (QED) is 0.806. The van der Waals surface area contributed by atoms with Crippen molar-refractivity contribution in [2.75, 3.05) is 32.7 Å². The molecule has 128 valence electrons. The normalized spacial score (nSPS) is 17.1. The second-order valence-electron chi connectivity index (χ2n) is 5.33. The third kappa shape index (κ3) is 5.66. The lowest BCUT2D eigenvalue weighted by molar-refractivity contribution is -0.131. The minimum Gasteiger partial charge on any atom is -0.340 e. The van der Waals surface area contributed by atoms with E-state index in [-0.39, 0.29) is 36.3 Å². The van der Waals surface area contributed by atoms with Crippen LogP contribution in [0.5, 0.6) is 0 Å². The molecule has 1 fully saturated rings. The molecule has 1 saturated heterocycles. The lowest BCUT2D eigenvalue weighted by atomic mass is 10.00. The maximum atomic E-state index is 12.1. The summed E-state index contributed by atoms with van der Waals surface area (Å²) in [6.45, 7) is 8.48. The molecule has 0 spiro atoms. The van der Waals surface area contributed by atoms with Crippen molar-refractivity contribution < 1.29 is 4.79 Å². The molecule has 0 radical (unpaired) electrons. The molecule has 1 aromatic rings. The highest BCUT2D eigenvalue weighted by Gasteiger charge is 2.27. The van der Waals surface area contributed by atoms with Crippen LogP contribution in [-0.4, -0.2) is 48.5 Å². The molecule has 1 aliphatic rings. The van der Waals surface area contributed by atoms with Crippen molar-refractivity contribution in [3.8, 4) is 0 Å². The molecular weight excluding hydrogens is 343 g/mol. The van der Waals surface area contributed by atoms with Crippen molar-refractivity contribution in [3.05, 3.63) is 16.6 Å². The Hall–Kier alpha value is -0.400. The molecule has 2 N–H and O–H groups in total. The molecule has 1 aromatic heterocycles. The molecule has 2 heterocycles. The molecule has 1 aliphatic heterocycles. The largest absolute Gasteiger partial charge is 0.340 e. The van der Waals surface area contributed by atoms with Gasteiger partial charge >= 0.3 is 0 Å². The molecule has 1 amide bonds. The molecule has 1 atom stereocenters. The first-order chi connectivity index (χ1) is 9.65. The third-order valence-corrected chi connectivity index (χ3v) is 4.97. The number of hydrogen-bond acceptors (Lipinski definition) is 5. The molecule has 0 aromatic carbocycles. The fourth-order valence-corrected chi connectivity index (χ4v) is 3.21. The van der Waals surface area contributed by atoms with Gasteiger partial charge in [-0.15, -0.1) is 36.2 Å². The fourth-order valence-electron chi connectivity index (χ4n) is 2.37. The van der Waals surface area contributed by atoms with Crippen molar-refractivity contribution in [2.45, 2.75) is 32.2 Å². The van der Waals surface area contributed by atoms with Crippen LogP contribution in [0.4, 0.5) is 0 Å². The number of halogens is 2. The lowest BCUT2D eigenvalue weighted by Crippen LogP contribution is -2.47. The first-order valence-corrected chi connectivity index (χ1v) is 8.17. The Kier molecular flexibility index (Phi) is 10.2. The maximum Gasteiger partial charge on any atom is 0.223 e. The molecule has 0 saturated carbocycles. The van der Waals surface area contributed by atoms with Gasteiger partial charge in [-0.05, 0) is 13.3 Å². The van der Waals surface area contributed by atoms with Gasteiger partial charge in [-0.3, -0.25) is 4.79 Å². The second kappa shape index (κ2) is 10.4. The molecular formula is C14H26Cl2N4OS. The van der Waals surface area contributed by atoms with Crippen molar-refractivity contribution in [1.82, 2.24) is 20.5 Å². The zero-order valence-corrected chi connectivity index (χ0v) is 15.6. The summed E-state index contributed by atoms with van der Waals surface area (Å²) in [7, 11) is 0. The number of hydrogen-bond donors (Lipinski definition) is 2. The van der Waals surface area contributed by atoms with Gasteiger partial charge in [-0.1, -0.05) is 6.92 Å². The van der Waals surface area contributed by atoms with Crippen molar-refractivity contribution >= 4 is 42.1 Å². The minimum atomic E-state index is -0.127. The zero-order valence-electron chi connectivity index (χ0n) is 13.1. The molecule has 8 heteroatoms. The number of carbonyl (C=O) groups excluding carboxylic acids is 1. The first kappa shape index (κ1) is 21.6. The van der Waals surface area contributed by atoms with Crippen LogP contribution in [0, 0.1) is 0 Å². The summed E-state index contributed by atoms with van der Waals surface area (Å²) in [5, 5.41) is 9.85. The molecule has 5 nitrogen and oxygen atoms in total. The molecule has 1 unspecified atom stereocenters. The monoisotopic (exact) mass is 368 g/mol. The standard InChI is InChI=1S/C14H24N4OS.2ClH/c1-3-14(2,13-16-8-11-20-13)17-5-4-12(19)18-9-6-15-7-10-18;;/h8,11,15,17H,3-7,9-10H2,1-2H3;2*1H. The fraction of sp³-hybridized carbons (Fsp3) is 0.714. The number of amides is 1. The predicted molar refractivity (Wildman–Crippen MR) is 96.3 cm³/mol. The number of nitrogens with zero attached hydrogens (tertiary/aromatic N) is 2. The van der Waals surface area contributed by atoms with Gasteiger partial charge in [0.2, 0.25) is 5.91 Å². The Balaban J connectivity index is 0.00000220. The van der Waals surface area contributed by atoms with E-state index in [1.807, 2.05) is 16.5 Å². The SMILES string of the molecule is CCC(C)(NCCC(=O)N1CCNCC1)c1nccs1.Cl.Cl. The van der Waals surface area contributed by atoms with Crippen LogP contribution >= 0.6 is 36.2 Å². The number of rotatable bonds is 6. The van der Waals surface area contributed by atoms with E-state index in [1.165, 1.54) is 0 Å². The Labute approximate surface area is 149 Å². The van der Waals surface area contributed by atoms with E-state index in [4.69, 9.17) is 0 Å². The Morgan fingerprint density at radius 1 is 1.45 bits per heavy atom. The number of nitrogens with one attached hydrogen (secondary N) is 2.